The Hall–Kier alpha value is -2.69. The van der Waals surface area contributed by atoms with Crippen molar-refractivity contribution in [1.29, 1.82) is 0 Å². The molecule has 2 aromatic carbocycles. The molecule has 5 nitrogen and oxygen atoms in total. The monoisotopic (exact) mass is 328 g/mol. The van der Waals surface area contributed by atoms with Gasteiger partial charge in [-0.05, 0) is 54.3 Å². The summed E-state index contributed by atoms with van der Waals surface area (Å²) in [5, 5.41) is 10.2. The molecule has 0 amide bonds. The zero-order valence-corrected chi connectivity index (χ0v) is 14.0. The summed E-state index contributed by atoms with van der Waals surface area (Å²) >= 11 is 0. The number of benzene rings is 2. The van der Waals surface area contributed by atoms with Crippen LogP contribution in [0.1, 0.15) is 33.8 Å². The predicted molar refractivity (Wildman–Crippen MR) is 89.6 cm³/mol. The summed E-state index contributed by atoms with van der Waals surface area (Å²) in [7, 11) is 4.58. The first kappa shape index (κ1) is 16.2. The van der Waals surface area contributed by atoms with Crippen LogP contribution >= 0.6 is 0 Å². The molecule has 0 fully saturated rings. The number of ketones is 1. The van der Waals surface area contributed by atoms with E-state index in [9.17, 15) is 9.90 Å². The van der Waals surface area contributed by atoms with E-state index in [4.69, 9.17) is 14.2 Å². The fourth-order valence-corrected chi connectivity index (χ4v) is 3.25. The van der Waals surface area contributed by atoms with E-state index in [0.717, 1.165) is 23.3 Å². The molecular weight excluding hydrogens is 308 g/mol. The van der Waals surface area contributed by atoms with Gasteiger partial charge in [-0.3, -0.25) is 4.79 Å². The summed E-state index contributed by atoms with van der Waals surface area (Å²) < 4.78 is 15.6. The maximum Gasteiger partial charge on any atom is 0.203 e. The summed E-state index contributed by atoms with van der Waals surface area (Å²) in [4.78, 5) is 12.9. The van der Waals surface area contributed by atoms with Gasteiger partial charge in [0.1, 0.15) is 5.75 Å². The Morgan fingerprint density at radius 2 is 1.83 bits per heavy atom. The number of hydrogen-bond acceptors (Lipinski definition) is 5. The molecule has 126 valence electrons. The zero-order valence-electron chi connectivity index (χ0n) is 14.0. The van der Waals surface area contributed by atoms with Gasteiger partial charge in [0.05, 0.1) is 21.3 Å². The van der Waals surface area contributed by atoms with Gasteiger partial charge in [-0.1, -0.05) is 0 Å². The van der Waals surface area contributed by atoms with Crippen molar-refractivity contribution in [3.63, 3.8) is 0 Å². The van der Waals surface area contributed by atoms with Crippen LogP contribution in [0, 0.1) is 0 Å². The lowest BCUT2D eigenvalue weighted by Crippen LogP contribution is -2.21. The van der Waals surface area contributed by atoms with Gasteiger partial charge in [-0.15, -0.1) is 0 Å². The Morgan fingerprint density at radius 3 is 2.50 bits per heavy atom. The largest absolute Gasteiger partial charge is 0.504 e. The predicted octanol–water partition coefficient (Wildman–Crippen LogP) is 3.33. The highest BCUT2D eigenvalue weighted by Crippen LogP contribution is 2.42. The van der Waals surface area contributed by atoms with Gasteiger partial charge in [-0.2, -0.15) is 0 Å². The molecule has 1 aliphatic carbocycles. The van der Waals surface area contributed by atoms with Gasteiger partial charge in [0.2, 0.25) is 5.75 Å². The number of carbonyl (C=O) groups excluding carboxylic acids is 1. The lowest BCUT2D eigenvalue weighted by molar-refractivity contribution is 0.0946. The summed E-state index contributed by atoms with van der Waals surface area (Å²) in [6.07, 6.45) is 1.45. The van der Waals surface area contributed by atoms with Gasteiger partial charge in [0.15, 0.2) is 17.3 Å². The van der Waals surface area contributed by atoms with E-state index in [2.05, 4.69) is 0 Å². The molecule has 0 saturated heterocycles. The smallest absolute Gasteiger partial charge is 0.203 e. The van der Waals surface area contributed by atoms with Gasteiger partial charge < -0.3 is 19.3 Å². The quantitative estimate of drug-likeness (QED) is 0.932. The van der Waals surface area contributed by atoms with Crippen LogP contribution < -0.4 is 14.2 Å². The van der Waals surface area contributed by atoms with Crippen LogP contribution in [-0.4, -0.2) is 32.2 Å². The van der Waals surface area contributed by atoms with E-state index < -0.39 is 0 Å². The van der Waals surface area contributed by atoms with Gasteiger partial charge >= 0.3 is 0 Å². The highest BCUT2D eigenvalue weighted by molar-refractivity contribution is 6.03. The molecule has 24 heavy (non-hydrogen) atoms. The molecule has 0 aromatic heterocycles. The first-order chi connectivity index (χ1) is 11.6. The fourth-order valence-electron chi connectivity index (χ4n) is 3.25. The zero-order chi connectivity index (χ0) is 17.3. The normalized spacial score (nSPS) is 16.5. The number of hydrogen-bond donors (Lipinski definition) is 1. The third-order valence-electron chi connectivity index (χ3n) is 4.48. The topological polar surface area (TPSA) is 65.0 Å². The van der Waals surface area contributed by atoms with Crippen LogP contribution in [0.25, 0.3) is 0 Å². The number of aryl methyl sites for hydroxylation is 1. The second kappa shape index (κ2) is 6.43. The highest BCUT2D eigenvalue weighted by Gasteiger charge is 2.30. The Morgan fingerprint density at radius 1 is 1.04 bits per heavy atom. The number of rotatable bonds is 4. The van der Waals surface area contributed by atoms with Crippen LogP contribution in [0.15, 0.2) is 30.3 Å². The number of ether oxygens (including phenoxy) is 3. The summed E-state index contributed by atoms with van der Waals surface area (Å²) in [5.74, 6) is 1.15. The molecule has 1 atom stereocenters. The highest BCUT2D eigenvalue weighted by atomic mass is 16.5. The van der Waals surface area contributed by atoms with Gasteiger partial charge in [0.25, 0.3) is 0 Å². The van der Waals surface area contributed by atoms with Gasteiger partial charge in [0, 0.05) is 11.5 Å². The van der Waals surface area contributed by atoms with Crippen molar-refractivity contribution in [3.8, 4) is 23.0 Å². The van der Waals surface area contributed by atoms with E-state index in [1.54, 1.807) is 25.3 Å². The molecule has 1 N–H and O–H groups in total. The van der Waals surface area contributed by atoms with Crippen molar-refractivity contribution in [2.24, 2.45) is 0 Å². The van der Waals surface area contributed by atoms with Crippen molar-refractivity contribution >= 4 is 5.78 Å². The molecule has 0 spiro atoms. The number of phenols is 1. The first-order valence-corrected chi connectivity index (χ1v) is 7.75. The molecule has 0 aliphatic heterocycles. The lowest BCUT2D eigenvalue weighted by atomic mass is 9.79. The molecule has 0 radical (unpaired) electrons. The molecule has 0 bridgehead atoms. The standard InChI is InChI=1S/C19H20O5/c1-22-13-5-7-14-11(8-13)4-6-15(18(14)21)12-9-16(20)19(24-3)17(10-12)23-2/h5,7-10,15,20H,4,6H2,1-3H3. The third kappa shape index (κ3) is 2.66. The Bertz CT molecular complexity index is 782. The van der Waals surface area contributed by atoms with E-state index in [-0.39, 0.29) is 23.2 Å². The summed E-state index contributed by atoms with van der Waals surface area (Å²) in [6, 6.07) is 8.86. The van der Waals surface area contributed by atoms with Crippen molar-refractivity contribution < 1.29 is 24.1 Å². The van der Waals surface area contributed by atoms with E-state index in [0.29, 0.717) is 17.7 Å². The van der Waals surface area contributed by atoms with Crippen molar-refractivity contribution in [2.75, 3.05) is 21.3 Å². The molecule has 0 saturated carbocycles. The van der Waals surface area contributed by atoms with E-state index >= 15 is 0 Å². The number of phenolic OH excluding ortho intramolecular Hbond substituents is 1. The fraction of sp³-hybridized carbons (Fsp3) is 0.316. The summed E-state index contributed by atoms with van der Waals surface area (Å²) in [6.45, 7) is 0. The van der Waals surface area contributed by atoms with Crippen molar-refractivity contribution in [3.05, 3.63) is 47.0 Å². The number of carbonyl (C=O) groups is 1. The minimum absolute atomic E-state index is 0.0276. The van der Waals surface area contributed by atoms with Crippen LogP contribution in [0.3, 0.4) is 0 Å². The molecular formula is C19H20O5. The van der Waals surface area contributed by atoms with Gasteiger partial charge in [-0.25, -0.2) is 0 Å². The molecule has 5 heteroatoms. The molecule has 3 rings (SSSR count). The average molecular weight is 328 g/mol. The van der Waals surface area contributed by atoms with Crippen molar-refractivity contribution in [2.45, 2.75) is 18.8 Å². The lowest BCUT2D eigenvalue weighted by Gasteiger charge is -2.25. The first-order valence-electron chi connectivity index (χ1n) is 7.75. The molecule has 2 aromatic rings. The molecule has 0 heterocycles. The van der Waals surface area contributed by atoms with Crippen LogP contribution in [0.2, 0.25) is 0 Å². The maximum atomic E-state index is 12.9. The second-order valence-electron chi connectivity index (χ2n) is 5.75. The Labute approximate surface area is 140 Å². The second-order valence-corrected chi connectivity index (χ2v) is 5.75. The Balaban J connectivity index is 1.99. The number of Topliss-reactive ketones (excluding diaryl/α,β-unsaturated/α-hetero) is 1. The average Bonchev–Trinajstić information content (AvgIpc) is 2.60. The number of fused-ring (bicyclic) bond motifs is 1. The van der Waals surface area contributed by atoms with Crippen LogP contribution in [0.5, 0.6) is 23.0 Å². The van der Waals surface area contributed by atoms with Crippen molar-refractivity contribution in [1.82, 2.24) is 0 Å². The minimum atomic E-state index is -0.309. The number of aromatic hydroxyl groups is 1. The minimum Gasteiger partial charge on any atom is -0.504 e. The van der Waals surface area contributed by atoms with E-state index in [1.165, 1.54) is 14.2 Å². The SMILES string of the molecule is COc1ccc2c(c1)CCC(c1cc(O)c(OC)c(OC)c1)C2=O. The third-order valence-corrected chi connectivity index (χ3v) is 4.48. The molecule has 1 unspecified atom stereocenters. The number of methoxy groups -OCH3 is 3. The summed E-state index contributed by atoms with van der Waals surface area (Å²) in [5.41, 5.74) is 2.44. The maximum absolute atomic E-state index is 12.9. The Kier molecular flexibility index (Phi) is 4.34. The van der Waals surface area contributed by atoms with Crippen LogP contribution in [0.4, 0.5) is 0 Å². The van der Waals surface area contributed by atoms with E-state index in [1.807, 2.05) is 12.1 Å². The molecule has 1 aliphatic rings. The van der Waals surface area contributed by atoms with Crippen LogP contribution in [-0.2, 0) is 6.42 Å².